The first kappa shape index (κ1) is 10.9. The molecule has 0 aromatic carbocycles. The summed E-state index contributed by atoms with van der Waals surface area (Å²) >= 11 is 1.33. The summed E-state index contributed by atoms with van der Waals surface area (Å²) in [5.74, 6) is -0.635. The predicted molar refractivity (Wildman–Crippen MR) is 54.5 cm³/mol. The summed E-state index contributed by atoms with van der Waals surface area (Å²) < 4.78 is 4.86. The van der Waals surface area contributed by atoms with Crippen LogP contribution in [0.5, 0.6) is 0 Å². The maximum Gasteiger partial charge on any atom is 0.313 e. The Kier molecular flexibility index (Phi) is 3.83. The molecule has 0 N–H and O–H groups in total. The Labute approximate surface area is 86.7 Å². The number of thiophene rings is 1. The summed E-state index contributed by atoms with van der Waals surface area (Å²) in [4.78, 5) is 23.1. The topological polar surface area (TPSA) is 43.4 Å². The normalized spacial score (nSPS) is 10.2. The van der Waals surface area contributed by atoms with E-state index in [1.807, 2.05) is 0 Å². The molecule has 0 spiro atoms. The molecule has 0 amide bonds. The second-order valence-corrected chi connectivity index (χ2v) is 4.06. The lowest BCUT2D eigenvalue weighted by Crippen LogP contribution is -2.15. The Morgan fingerprint density at radius 2 is 2.21 bits per heavy atom. The Bertz CT molecular complexity index is 314. The van der Waals surface area contributed by atoms with E-state index in [0.29, 0.717) is 4.88 Å². The van der Waals surface area contributed by atoms with Crippen LogP contribution < -0.4 is 0 Å². The molecule has 0 unspecified atom stereocenters. The number of carbonyl (C=O) groups is 2. The van der Waals surface area contributed by atoms with Crippen LogP contribution >= 0.6 is 11.3 Å². The van der Waals surface area contributed by atoms with E-state index in [2.05, 4.69) is 0 Å². The average molecular weight is 212 g/mol. The van der Waals surface area contributed by atoms with Crippen LogP contribution in [0.3, 0.4) is 0 Å². The maximum atomic E-state index is 11.4. The number of ketones is 1. The average Bonchev–Trinajstić information content (AvgIpc) is 2.53. The summed E-state index contributed by atoms with van der Waals surface area (Å²) in [6, 6.07) is 3.49. The molecule has 1 rings (SSSR count). The first-order valence-corrected chi connectivity index (χ1v) is 5.23. The molecule has 1 heterocycles. The van der Waals surface area contributed by atoms with E-state index in [4.69, 9.17) is 4.74 Å². The summed E-state index contributed by atoms with van der Waals surface area (Å²) in [6.07, 6.45) is -0.336. The summed E-state index contributed by atoms with van der Waals surface area (Å²) in [5.41, 5.74) is 0. The van der Waals surface area contributed by atoms with Gasteiger partial charge >= 0.3 is 5.97 Å². The van der Waals surface area contributed by atoms with Crippen LogP contribution in [0.25, 0.3) is 0 Å². The van der Waals surface area contributed by atoms with Gasteiger partial charge in [-0.05, 0) is 25.3 Å². The van der Waals surface area contributed by atoms with Crippen molar-refractivity contribution in [3.05, 3.63) is 22.4 Å². The van der Waals surface area contributed by atoms with Crippen LogP contribution in [-0.4, -0.2) is 17.9 Å². The van der Waals surface area contributed by atoms with Crippen molar-refractivity contribution in [1.29, 1.82) is 0 Å². The minimum atomic E-state index is -0.460. The highest BCUT2D eigenvalue weighted by molar-refractivity contribution is 7.12. The zero-order valence-electron chi connectivity index (χ0n) is 8.15. The van der Waals surface area contributed by atoms with E-state index in [-0.39, 0.29) is 18.3 Å². The Balaban J connectivity index is 2.46. The number of carbonyl (C=O) groups excluding carboxylic acids is 2. The molecular weight excluding hydrogens is 200 g/mol. The third kappa shape index (κ3) is 3.30. The second-order valence-electron chi connectivity index (χ2n) is 3.12. The largest absolute Gasteiger partial charge is 0.463 e. The number of hydrogen-bond acceptors (Lipinski definition) is 4. The lowest BCUT2D eigenvalue weighted by Gasteiger charge is -2.06. The van der Waals surface area contributed by atoms with Gasteiger partial charge in [0, 0.05) is 0 Å². The van der Waals surface area contributed by atoms with Gasteiger partial charge in [0.1, 0.15) is 6.42 Å². The first-order valence-electron chi connectivity index (χ1n) is 4.36. The number of esters is 1. The van der Waals surface area contributed by atoms with E-state index in [1.165, 1.54) is 11.3 Å². The fourth-order valence-electron chi connectivity index (χ4n) is 0.960. The number of rotatable bonds is 4. The van der Waals surface area contributed by atoms with Gasteiger partial charge in [-0.3, -0.25) is 9.59 Å². The Morgan fingerprint density at radius 1 is 1.50 bits per heavy atom. The molecule has 0 saturated carbocycles. The van der Waals surface area contributed by atoms with Gasteiger partial charge in [0.2, 0.25) is 0 Å². The minimum Gasteiger partial charge on any atom is -0.463 e. The molecule has 0 aliphatic heterocycles. The zero-order chi connectivity index (χ0) is 10.6. The highest BCUT2D eigenvalue weighted by atomic mass is 32.1. The lowest BCUT2D eigenvalue weighted by atomic mass is 10.2. The van der Waals surface area contributed by atoms with E-state index < -0.39 is 5.97 Å². The van der Waals surface area contributed by atoms with Crippen LogP contribution in [0.2, 0.25) is 0 Å². The van der Waals surface area contributed by atoms with Crippen LogP contribution in [-0.2, 0) is 9.53 Å². The van der Waals surface area contributed by atoms with Gasteiger partial charge < -0.3 is 4.74 Å². The molecule has 76 valence electrons. The number of ether oxygens (including phenoxy) is 1. The molecule has 0 atom stereocenters. The highest BCUT2D eigenvalue weighted by Crippen LogP contribution is 2.11. The third-order valence-electron chi connectivity index (χ3n) is 1.47. The molecule has 14 heavy (non-hydrogen) atoms. The smallest absolute Gasteiger partial charge is 0.313 e. The molecule has 0 radical (unpaired) electrons. The predicted octanol–water partition coefficient (Wildman–Crippen LogP) is 2.27. The SMILES string of the molecule is CC(C)OC(=O)CC(=O)c1cccs1. The van der Waals surface area contributed by atoms with Gasteiger partial charge in [-0.2, -0.15) is 0 Å². The van der Waals surface area contributed by atoms with Crippen molar-refractivity contribution in [3.63, 3.8) is 0 Å². The summed E-state index contributed by atoms with van der Waals surface area (Å²) in [7, 11) is 0. The molecule has 0 saturated heterocycles. The van der Waals surface area contributed by atoms with Crippen molar-refractivity contribution in [2.24, 2.45) is 0 Å². The van der Waals surface area contributed by atoms with Gasteiger partial charge in [0.25, 0.3) is 0 Å². The van der Waals surface area contributed by atoms with Crippen LogP contribution in [0, 0.1) is 0 Å². The molecule has 0 bridgehead atoms. The van der Waals surface area contributed by atoms with E-state index in [0.717, 1.165) is 0 Å². The van der Waals surface area contributed by atoms with Gasteiger partial charge in [-0.15, -0.1) is 11.3 Å². The van der Waals surface area contributed by atoms with Gasteiger partial charge in [-0.1, -0.05) is 6.07 Å². The zero-order valence-corrected chi connectivity index (χ0v) is 8.97. The second kappa shape index (κ2) is 4.91. The highest BCUT2D eigenvalue weighted by Gasteiger charge is 2.14. The van der Waals surface area contributed by atoms with E-state index >= 15 is 0 Å². The van der Waals surface area contributed by atoms with Gasteiger partial charge in [0.15, 0.2) is 5.78 Å². The fourth-order valence-corrected chi connectivity index (χ4v) is 1.62. The molecule has 1 aromatic rings. The Hall–Kier alpha value is -1.16. The van der Waals surface area contributed by atoms with Gasteiger partial charge in [0.05, 0.1) is 11.0 Å². The molecule has 0 aliphatic rings. The van der Waals surface area contributed by atoms with Crippen molar-refractivity contribution >= 4 is 23.1 Å². The first-order chi connectivity index (χ1) is 6.59. The van der Waals surface area contributed by atoms with Crippen molar-refractivity contribution < 1.29 is 14.3 Å². The molecular formula is C10H12O3S. The molecule has 0 fully saturated rings. The van der Waals surface area contributed by atoms with Crippen molar-refractivity contribution in [2.45, 2.75) is 26.4 Å². The standard InChI is InChI=1S/C10H12O3S/c1-7(2)13-10(12)6-8(11)9-4-3-5-14-9/h3-5,7H,6H2,1-2H3. The molecule has 0 aliphatic carbocycles. The number of Topliss-reactive ketones (excluding diaryl/α,β-unsaturated/α-hetero) is 1. The van der Waals surface area contributed by atoms with Crippen LogP contribution in [0.15, 0.2) is 17.5 Å². The lowest BCUT2D eigenvalue weighted by molar-refractivity contribution is -0.146. The third-order valence-corrected chi connectivity index (χ3v) is 2.38. The molecule has 3 nitrogen and oxygen atoms in total. The van der Waals surface area contributed by atoms with Crippen molar-refractivity contribution in [3.8, 4) is 0 Å². The minimum absolute atomic E-state index is 0.168. The van der Waals surface area contributed by atoms with Crippen molar-refractivity contribution in [1.82, 2.24) is 0 Å². The maximum absolute atomic E-state index is 11.4. The quantitative estimate of drug-likeness (QED) is 0.437. The van der Waals surface area contributed by atoms with Crippen LogP contribution in [0.1, 0.15) is 29.9 Å². The number of hydrogen-bond donors (Lipinski definition) is 0. The molecule has 1 aromatic heterocycles. The van der Waals surface area contributed by atoms with Gasteiger partial charge in [-0.25, -0.2) is 0 Å². The van der Waals surface area contributed by atoms with Crippen molar-refractivity contribution in [2.75, 3.05) is 0 Å². The summed E-state index contributed by atoms with van der Waals surface area (Å²) in [6.45, 7) is 3.51. The summed E-state index contributed by atoms with van der Waals surface area (Å²) in [5, 5.41) is 1.81. The fraction of sp³-hybridized carbons (Fsp3) is 0.400. The molecule has 4 heteroatoms. The monoisotopic (exact) mass is 212 g/mol. The Morgan fingerprint density at radius 3 is 2.71 bits per heavy atom. The van der Waals surface area contributed by atoms with Crippen LogP contribution in [0.4, 0.5) is 0 Å². The van der Waals surface area contributed by atoms with E-state index in [9.17, 15) is 9.59 Å². The van der Waals surface area contributed by atoms with E-state index in [1.54, 1.807) is 31.4 Å².